The summed E-state index contributed by atoms with van der Waals surface area (Å²) in [6.45, 7) is 0. The molecule has 5 nitrogen and oxygen atoms in total. The molecule has 0 radical (unpaired) electrons. The summed E-state index contributed by atoms with van der Waals surface area (Å²) in [6.07, 6.45) is 1.08. The van der Waals surface area contributed by atoms with Gasteiger partial charge in [0.2, 0.25) is 0 Å². The summed E-state index contributed by atoms with van der Waals surface area (Å²) >= 11 is 1.46. The molecule has 6 heteroatoms. The van der Waals surface area contributed by atoms with Gasteiger partial charge in [-0.1, -0.05) is 23.9 Å². The highest BCUT2D eigenvalue weighted by molar-refractivity contribution is 7.99. The van der Waals surface area contributed by atoms with Gasteiger partial charge >= 0.3 is 0 Å². The summed E-state index contributed by atoms with van der Waals surface area (Å²) in [5.74, 6) is 0.524. The molecule has 0 amide bonds. The van der Waals surface area contributed by atoms with Crippen LogP contribution in [0.2, 0.25) is 0 Å². The molecule has 1 heterocycles. The zero-order valence-electron chi connectivity index (χ0n) is 9.45. The predicted molar refractivity (Wildman–Crippen MR) is 67.5 cm³/mol. The van der Waals surface area contributed by atoms with Gasteiger partial charge < -0.3 is 15.4 Å². The first-order valence-corrected chi connectivity index (χ1v) is 6.15. The number of hydrogen-bond acceptors (Lipinski definition) is 5. The minimum Gasteiger partial charge on any atom is -0.399 e. The van der Waals surface area contributed by atoms with E-state index in [2.05, 4.69) is 10.2 Å². The number of nitrogen functional groups attached to an aromatic ring is 1. The molecule has 1 atom stereocenters. The monoisotopic (exact) mass is 250 g/mol. The van der Waals surface area contributed by atoms with E-state index in [4.69, 9.17) is 5.73 Å². The molecule has 3 N–H and O–H groups in total. The Bertz CT molecular complexity index is 500. The highest BCUT2D eigenvalue weighted by atomic mass is 32.2. The number of aromatic nitrogens is 3. The molecule has 0 spiro atoms. The maximum atomic E-state index is 10.0. The SMILES string of the molecule is Cn1cnnc1SCC(O)c1cccc(N)c1. The Hall–Kier alpha value is -1.53. The molecular formula is C11H14N4OS. The van der Waals surface area contributed by atoms with E-state index < -0.39 is 6.10 Å². The molecule has 2 aromatic rings. The first kappa shape index (κ1) is 11.9. The van der Waals surface area contributed by atoms with Crippen molar-refractivity contribution in [3.63, 3.8) is 0 Å². The maximum absolute atomic E-state index is 10.0. The van der Waals surface area contributed by atoms with Crippen molar-refractivity contribution >= 4 is 17.4 Å². The molecule has 0 aliphatic carbocycles. The second-order valence-electron chi connectivity index (χ2n) is 3.72. The Morgan fingerprint density at radius 2 is 2.35 bits per heavy atom. The van der Waals surface area contributed by atoms with Crippen molar-refractivity contribution in [3.8, 4) is 0 Å². The zero-order valence-corrected chi connectivity index (χ0v) is 10.3. The third-order valence-electron chi connectivity index (χ3n) is 2.34. The topological polar surface area (TPSA) is 77.0 Å². The molecule has 17 heavy (non-hydrogen) atoms. The summed E-state index contributed by atoms with van der Waals surface area (Å²) in [6, 6.07) is 7.27. The Balaban J connectivity index is 1.98. The van der Waals surface area contributed by atoms with Crippen molar-refractivity contribution in [2.24, 2.45) is 7.05 Å². The third kappa shape index (κ3) is 2.98. The van der Waals surface area contributed by atoms with Crippen molar-refractivity contribution in [1.82, 2.24) is 14.8 Å². The van der Waals surface area contributed by atoms with E-state index in [0.29, 0.717) is 11.4 Å². The molecule has 2 rings (SSSR count). The number of nitrogens with zero attached hydrogens (tertiary/aromatic N) is 3. The van der Waals surface area contributed by atoms with Crippen LogP contribution in [0.3, 0.4) is 0 Å². The van der Waals surface area contributed by atoms with Gasteiger partial charge in [0.25, 0.3) is 0 Å². The lowest BCUT2D eigenvalue weighted by Crippen LogP contribution is -2.02. The lowest BCUT2D eigenvalue weighted by molar-refractivity contribution is 0.204. The fraction of sp³-hybridized carbons (Fsp3) is 0.273. The van der Waals surface area contributed by atoms with Crippen molar-refractivity contribution in [1.29, 1.82) is 0 Å². The van der Waals surface area contributed by atoms with Crippen LogP contribution in [0.5, 0.6) is 0 Å². The van der Waals surface area contributed by atoms with E-state index in [9.17, 15) is 5.11 Å². The minimum absolute atomic E-state index is 0.524. The van der Waals surface area contributed by atoms with Crippen LogP contribution in [0.1, 0.15) is 11.7 Å². The van der Waals surface area contributed by atoms with Crippen molar-refractivity contribution in [2.45, 2.75) is 11.3 Å². The molecule has 1 aromatic heterocycles. The van der Waals surface area contributed by atoms with E-state index in [1.807, 2.05) is 23.7 Å². The Morgan fingerprint density at radius 3 is 3.00 bits per heavy atom. The van der Waals surface area contributed by atoms with Crippen LogP contribution < -0.4 is 5.73 Å². The van der Waals surface area contributed by atoms with E-state index in [1.54, 1.807) is 18.5 Å². The van der Waals surface area contributed by atoms with Gasteiger partial charge in [0.15, 0.2) is 5.16 Å². The van der Waals surface area contributed by atoms with Gasteiger partial charge in [-0.15, -0.1) is 10.2 Å². The number of hydrogen-bond donors (Lipinski definition) is 2. The third-order valence-corrected chi connectivity index (χ3v) is 3.45. The number of aliphatic hydroxyl groups is 1. The lowest BCUT2D eigenvalue weighted by Gasteiger charge is -2.10. The average Bonchev–Trinajstić information content (AvgIpc) is 2.72. The van der Waals surface area contributed by atoms with Gasteiger partial charge in [-0.25, -0.2) is 0 Å². The molecule has 1 aromatic carbocycles. The molecule has 0 aliphatic heterocycles. The average molecular weight is 250 g/mol. The molecule has 0 saturated heterocycles. The quantitative estimate of drug-likeness (QED) is 0.630. The summed E-state index contributed by atoms with van der Waals surface area (Å²) in [4.78, 5) is 0. The summed E-state index contributed by atoms with van der Waals surface area (Å²) in [5, 5.41) is 18.5. The normalized spacial score (nSPS) is 12.6. The standard InChI is InChI=1S/C11H14N4OS/c1-15-7-13-14-11(15)17-6-10(16)8-3-2-4-9(12)5-8/h2-5,7,10,16H,6,12H2,1H3. The Kier molecular flexibility index (Phi) is 3.65. The van der Waals surface area contributed by atoms with Crippen LogP contribution in [-0.4, -0.2) is 25.6 Å². The van der Waals surface area contributed by atoms with Gasteiger partial charge in [-0.3, -0.25) is 0 Å². The number of rotatable bonds is 4. The second kappa shape index (κ2) is 5.20. The largest absolute Gasteiger partial charge is 0.399 e. The summed E-state index contributed by atoms with van der Waals surface area (Å²) in [7, 11) is 1.87. The van der Waals surface area contributed by atoms with Crippen LogP contribution in [0.15, 0.2) is 35.7 Å². The minimum atomic E-state index is -0.555. The fourth-order valence-corrected chi connectivity index (χ4v) is 2.27. The summed E-state index contributed by atoms with van der Waals surface area (Å²) in [5.41, 5.74) is 7.14. The van der Waals surface area contributed by atoms with E-state index in [1.165, 1.54) is 11.8 Å². The first-order chi connectivity index (χ1) is 8.16. The van der Waals surface area contributed by atoms with Crippen LogP contribution in [0.25, 0.3) is 0 Å². The number of aryl methyl sites for hydroxylation is 1. The predicted octanol–water partition coefficient (Wildman–Crippen LogP) is 1.22. The Morgan fingerprint density at radius 1 is 1.53 bits per heavy atom. The van der Waals surface area contributed by atoms with Crippen LogP contribution in [-0.2, 0) is 7.05 Å². The molecule has 0 bridgehead atoms. The molecule has 90 valence electrons. The molecule has 0 saturated carbocycles. The van der Waals surface area contributed by atoms with E-state index >= 15 is 0 Å². The fourth-order valence-electron chi connectivity index (χ4n) is 1.42. The van der Waals surface area contributed by atoms with Gasteiger partial charge in [0, 0.05) is 18.5 Å². The zero-order chi connectivity index (χ0) is 12.3. The first-order valence-electron chi connectivity index (χ1n) is 5.17. The van der Waals surface area contributed by atoms with Gasteiger partial charge in [-0.05, 0) is 17.7 Å². The van der Waals surface area contributed by atoms with Crippen LogP contribution >= 0.6 is 11.8 Å². The lowest BCUT2D eigenvalue weighted by atomic mass is 10.1. The van der Waals surface area contributed by atoms with Crippen molar-refractivity contribution < 1.29 is 5.11 Å². The number of aliphatic hydroxyl groups excluding tert-OH is 1. The molecule has 0 aliphatic rings. The molecular weight excluding hydrogens is 236 g/mol. The number of nitrogens with two attached hydrogens (primary N) is 1. The van der Waals surface area contributed by atoms with E-state index in [0.717, 1.165) is 10.7 Å². The number of thioether (sulfide) groups is 1. The van der Waals surface area contributed by atoms with Crippen molar-refractivity contribution in [3.05, 3.63) is 36.2 Å². The highest BCUT2D eigenvalue weighted by Gasteiger charge is 2.10. The van der Waals surface area contributed by atoms with Gasteiger partial charge in [-0.2, -0.15) is 0 Å². The molecule has 0 fully saturated rings. The number of anilines is 1. The van der Waals surface area contributed by atoms with Crippen LogP contribution in [0, 0.1) is 0 Å². The maximum Gasteiger partial charge on any atom is 0.190 e. The van der Waals surface area contributed by atoms with Gasteiger partial charge in [0.05, 0.1) is 6.10 Å². The smallest absolute Gasteiger partial charge is 0.190 e. The number of benzene rings is 1. The van der Waals surface area contributed by atoms with E-state index in [-0.39, 0.29) is 0 Å². The Labute approximate surface area is 104 Å². The molecule has 1 unspecified atom stereocenters. The summed E-state index contributed by atoms with van der Waals surface area (Å²) < 4.78 is 1.82. The van der Waals surface area contributed by atoms with Crippen LogP contribution in [0.4, 0.5) is 5.69 Å². The second-order valence-corrected chi connectivity index (χ2v) is 4.71. The van der Waals surface area contributed by atoms with Gasteiger partial charge in [0.1, 0.15) is 6.33 Å². The van der Waals surface area contributed by atoms with Crippen molar-refractivity contribution in [2.75, 3.05) is 11.5 Å². The highest BCUT2D eigenvalue weighted by Crippen LogP contribution is 2.23.